The summed E-state index contributed by atoms with van der Waals surface area (Å²) in [7, 11) is 1.93. The average Bonchev–Trinajstić information content (AvgIpc) is 3.17. The topological polar surface area (TPSA) is 59.7 Å². The van der Waals surface area contributed by atoms with Gasteiger partial charge in [-0.1, -0.05) is 24.3 Å². The molecule has 1 unspecified atom stereocenters. The normalized spacial score (nSPS) is 12.0. The third kappa shape index (κ3) is 4.11. The van der Waals surface area contributed by atoms with Crippen LogP contribution in [0.2, 0.25) is 0 Å². The largest absolute Gasteiger partial charge is 0.356 e. The van der Waals surface area contributed by atoms with Crippen LogP contribution in [0.25, 0.3) is 0 Å². The minimum atomic E-state index is 0.0674. The number of nitrogens with one attached hydrogen (secondary N) is 2. The van der Waals surface area contributed by atoms with E-state index in [2.05, 4.69) is 46.8 Å². The Balaban J connectivity index is 1.59. The van der Waals surface area contributed by atoms with Crippen LogP contribution < -0.4 is 10.6 Å². The van der Waals surface area contributed by atoms with Gasteiger partial charge in [0.2, 0.25) is 0 Å². The van der Waals surface area contributed by atoms with Gasteiger partial charge in [0.15, 0.2) is 10.9 Å². The fraction of sp³-hybridized carbons (Fsp3) is 0.316. The first-order chi connectivity index (χ1) is 12.4. The summed E-state index contributed by atoms with van der Waals surface area (Å²) < 4.78 is 3.76. The molecule has 1 aromatic carbocycles. The van der Waals surface area contributed by atoms with Gasteiger partial charge in [-0.25, -0.2) is 0 Å². The first-order valence-corrected chi connectivity index (χ1v) is 8.99. The summed E-state index contributed by atoms with van der Waals surface area (Å²) >= 11 is 5.42. The van der Waals surface area contributed by atoms with Crippen molar-refractivity contribution in [3.63, 3.8) is 0 Å². The Kier molecular flexibility index (Phi) is 5.37. The number of thiocarbonyl (C=S) groups is 1. The molecule has 3 rings (SSSR count). The standard InChI is InChI=1S/C19H24N6S/c1-13-7-5-6-8-16(13)12-25-10-9-18(23-25)22-19(26)21-14(2)17-11-20-24(4)15(17)3/h5-11,14H,12H2,1-4H3,(H2,21,22,23,26). The van der Waals surface area contributed by atoms with Crippen LogP contribution in [0.3, 0.4) is 0 Å². The van der Waals surface area contributed by atoms with Crippen LogP contribution in [0, 0.1) is 13.8 Å². The molecule has 2 heterocycles. The zero-order valence-corrected chi connectivity index (χ0v) is 16.3. The molecule has 136 valence electrons. The molecule has 6 nitrogen and oxygen atoms in total. The van der Waals surface area contributed by atoms with Gasteiger partial charge >= 0.3 is 0 Å². The molecule has 0 aliphatic heterocycles. The van der Waals surface area contributed by atoms with Crippen molar-refractivity contribution >= 4 is 23.1 Å². The minimum Gasteiger partial charge on any atom is -0.356 e. The average molecular weight is 369 g/mol. The van der Waals surface area contributed by atoms with Gasteiger partial charge in [0.25, 0.3) is 0 Å². The second-order valence-electron chi connectivity index (χ2n) is 6.45. The molecule has 0 aliphatic carbocycles. The van der Waals surface area contributed by atoms with Crippen molar-refractivity contribution in [2.45, 2.75) is 33.4 Å². The smallest absolute Gasteiger partial charge is 0.172 e. The Morgan fingerprint density at radius 1 is 1.23 bits per heavy atom. The summed E-state index contributed by atoms with van der Waals surface area (Å²) in [6, 6.07) is 10.3. The molecule has 0 radical (unpaired) electrons. The molecule has 3 aromatic rings. The van der Waals surface area contributed by atoms with Crippen molar-refractivity contribution < 1.29 is 0 Å². The van der Waals surface area contributed by atoms with E-state index in [0.717, 1.165) is 23.6 Å². The van der Waals surface area contributed by atoms with Crippen LogP contribution in [0.1, 0.15) is 35.3 Å². The van der Waals surface area contributed by atoms with E-state index in [1.165, 1.54) is 11.1 Å². The predicted molar refractivity (Wildman–Crippen MR) is 108 cm³/mol. The maximum Gasteiger partial charge on any atom is 0.172 e. The van der Waals surface area contributed by atoms with Gasteiger partial charge in [-0.2, -0.15) is 10.2 Å². The first kappa shape index (κ1) is 18.1. The summed E-state index contributed by atoms with van der Waals surface area (Å²) in [5.74, 6) is 0.728. The summed E-state index contributed by atoms with van der Waals surface area (Å²) in [5, 5.41) is 15.8. The maximum absolute atomic E-state index is 5.42. The van der Waals surface area contributed by atoms with Crippen molar-refractivity contribution in [2.24, 2.45) is 7.05 Å². The van der Waals surface area contributed by atoms with E-state index in [1.807, 2.05) is 53.9 Å². The van der Waals surface area contributed by atoms with Crippen LogP contribution >= 0.6 is 12.2 Å². The number of aromatic nitrogens is 4. The third-order valence-corrected chi connectivity index (χ3v) is 4.78. The molecule has 26 heavy (non-hydrogen) atoms. The van der Waals surface area contributed by atoms with Crippen LogP contribution in [-0.2, 0) is 13.6 Å². The maximum atomic E-state index is 5.42. The fourth-order valence-corrected chi connectivity index (χ4v) is 3.13. The minimum absolute atomic E-state index is 0.0674. The van der Waals surface area contributed by atoms with Gasteiger partial charge in [-0.15, -0.1) is 0 Å². The van der Waals surface area contributed by atoms with Crippen molar-refractivity contribution in [1.29, 1.82) is 0 Å². The summed E-state index contributed by atoms with van der Waals surface area (Å²) in [6.07, 6.45) is 3.82. The highest BCUT2D eigenvalue weighted by Crippen LogP contribution is 2.16. The molecule has 1 atom stereocenters. The lowest BCUT2D eigenvalue weighted by Gasteiger charge is -2.16. The first-order valence-electron chi connectivity index (χ1n) is 8.58. The van der Waals surface area contributed by atoms with Gasteiger partial charge in [0.05, 0.1) is 18.8 Å². The Bertz CT molecular complexity index is 910. The third-order valence-electron chi connectivity index (χ3n) is 4.56. The van der Waals surface area contributed by atoms with Crippen LogP contribution in [0.5, 0.6) is 0 Å². The van der Waals surface area contributed by atoms with Crippen molar-refractivity contribution in [2.75, 3.05) is 5.32 Å². The molecule has 0 aliphatic rings. The lowest BCUT2D eigenvalue weighted by Crippen LogP contribution is -2.31. The van der Waals surface area contributed by atoms with Crippen LogP contribution in [-0.4, -0.2) is 24.7 Å². The molecule has 0 saturated heterocycles. The van der Waals surface area contributed by atoms with Crippen molar-refractivity contribution in [3.8, 4) is 0 Å². The highest BCUT2D eigenvalue weighted by molar-refractivity contribution is 7.80. The van der Waals surface area contributed by atoms with Crippen LogP contribution in [0.4, 0.5) is 5.82 Å². The Hall–Kier alpha value is -2.67. The zero-order valence-electron chi connectivity index (χ0n) is 15.5. The molecule has 2 N–H and O–H groups in total. The second kappa shape index (κ2) is 7.70. The molecule has 0 amide bonds. The molecule has 2 aromatic heterocycles. The van der Waals surface area contributed by atoms with Gasteiger partial charge in [-0.3, -0.25) is 9.36 Å². The number of anilines is 1. The summed E-state index contributed by atoms with van der Waals surface area (Å²) in [5.41, 5.74) is 4.76. The predicted octanol–water partition coefficient (Wildman–Crippen LogP) is 3.33. The van der Waals surface area contributed by atoms with Gasteiger partial charge in [0, 0.05) is 30.6 Å². The SMILES string of the molecule is Cc1ccccc1Cn1ccc(NC(=S)NC(C)c2cnn(C)c2C)n1. The fourth-order valence-electron chi connectivity index (χ4n) is 2.85. The van der Waals surface area contributed by atoms with Crippen molar-refractivity contribution in [3.05, 3.63) is 65.1 Å². The number of hydrogen-bond donors (Lipinski definition) is 2. The Morgan fingerprint density at radius 2 is 2.00 bits per heavy atom. The number of nitrogens with zero attached hydrogens (tertiary/aromatic N) is 4. The van der Waals surface area contributed by atoms with Crippen LogP contribution in [0.15, 0.2) is 42.7 Å². The number of rotatable bonds is 5. The van der Waals surface area contributed by atoms with E-state index in [1.54, 1.807) is 0 Å². The quantitative estimate of drug-likeness (QED) is 0.677. The number of aryl methyl sites for hydroxylation is 2. The van der Waals surface area contributed by atoms with E-state index < -0.39 is 0 Å². The number of benzene rings is 1. The Morgan fingerprint density at radius 3 is 2.69 bits per heavy atom. The van der Waals surface area contributed by atoms with E-state index in [-0.39, 0.29) is 6.04 Å². The highest BCUT2D eigenvalue weighted by Gasteiger charge is 2.13. The molecule has 7 heteroatoms. The highest BCUT2D eigenvalue weighted by atomic mass is 32.1. The summed E-state index contributed by atoms with van der Waals surface area (Å²) in [4.78, 5) is 0. The van der Waals surface area contributed by atoms with Gasteiger partial charge in [0.1, 0.15) is 0 Å². The molecule has 0 fully saturated rings. The zero-order chi connectivity index (χ0) is 18.7. The summed E-state index contributed by atoms with van der Waals surface area (Å²) in [6.45, 7) is 6.96. The van der Waals surface area contributed by atoms with Crippen molar-refractivity contribution in [1.82, 2.24) is 24.9 Å². The Labute approximate surface area is 159 Å². The molecule has 0 bridgehead atoms. The van der Waals surface area contributed by atoms with Gasteiger partial charge in [-0.05, 0) is 44.1 Å². The second-order valence-corrected chi connectivity index (χ2v) is 6.86. The van der Waals surface area contributed by atoms with E-state index in [0.29, 0.717) is 5.11 Å². The lowest BCUT2D eigenvalue weighted by molar-refractivity contribution is 0.685. The van der Waals surface area contributed by atoms with E-state index in [9.17, 15) is 0 Å². The van der Waals surface area contributed by atoms with E-state index in [4.69, 9.17) is 12.2 Å². The van der Waals surface area contributed by atoms with Gasteiger partial charge < -0.3 is 10.6 Å². The molecular weight excluding hydrogens is 344 g/mol. The van der Waals surface area contributed by atoms with E-state index >= 15 is 0 Å². The molecular formula is C19H24N6S. The molecule has 0 saturated carbocycles. The molecule has 0 spiro atoms. The monoisotopic (exact) mass is 368 g/mol. The number of hydrogen-bond acceptors (Lipinski definition) is 3. The lowest BCUT2D eigenvalue weighted by atomic mass is 10.1.